The number of carbonyl (C=O) groups is 1. The molecule has 1 aromatic rings. The van der Waals surface area contributed by atoms with Crippen molar-refractivity contribution in [3.05, 3.63) is 38.9 Å². The van der Waals surface area contributed by atoms with Crippen molar-refractivity contribution in [2.24, 2.45) is 5.73 Å². The highest BCUT2D eigenvalue weighted by Crippen LogP contribution is 2.23. The summed E-state index contributed by atoms with van der Waals surface area (Å²) in [5.74, 6) is -0.496. The Hall–Kier alpha value is -1.62. The molecule has 0 aliphatic heterocycles. The van der Waals surface area contributed by atoms with Crippen molar-refractivity contribution in [3.63, 3.8) is 0 Å². The summed E-state index contributed by atoms with van der Waals surface area (Å²) in [5.41, 5.74) is 5.34. The van der Waals surface area contributed by atoms with Crippen molar-refractivity contribution in [1.29, 1.82) is 0 Å². The van der Waals surface area contributed by atoms with Gasteiger partial charge in [0.2, 0.25) is 5.91 Å². The summed E-state index contributed by atoms with van der Waals surface area (Å²) < 4.78 is 0. The van der Waals surface area contributed by atoms with E-state index >= 15 is 0 Å². The lowest BCUT2D eigenvalue weighted by Gasteiger charge is -2.01. The first kappa shape index (κ1) is 11.5. The maximum Gasteiger partial charge on any atom is 0.272 e. The van der Waals surface area contributed by atoms with Crippen LogP contribution in [0.3, 0.4) is 0 Å². The third kappa shape index (κ3) is 3.21. The van der Waals surface area contributed by atoms with Gasteiger partial charge in [-0.05, 0) is 18.6 Å². The fraction of sp³-hybridized carbons (Fsp3) is 0.222. The molecule has 6 heteroatoms. The lowest BCUT2D eigenvalue weighted by atomic mass is 10.1. The Labute approximate surface area is 91.0 Å². The minimum atomic E-state index is -0.507. The molecule has 0 spiro atoms. The van der Waals surface area contributed by atoms with Crippen LogP contribution in [0.5, 0.6) is 0 Å². The number of rotatable bonds is 4. The van der Waals surface area contributed by atoms with Crippen LogP contribution in [0.2, 0.25) is 5.02 Å². The second-order valence-electron chi connectivity index (χ2n) is 3.00. The van der Waals surface area contributed by atoms with Gasteiger partial charge in [-0.2, -0.15) is 0 Å². The molecule has 0 aromatic heterocycles. The molecule has 0 aliphatic carbocycles. The Kier molecular flexibility index (Phi) is 3.62. The van der Waals surface area contributed by atoms with Gasteiger partial charge in [0.25, 0.3) is 5.69 Å². The molecule has 15 heavy (non-hydrogen) atoms. The van der Waals surface area contributed by atoms with E-state index in [0.717, 1.165) is 0 Å². The number of halogens is 1. The first-order valence-electron chi connectivity index (χ1n) is 4.22. The van der Waals surface area contributed by atoms with Crippen molar-refractivity contribution in [3.8, 4) is 0 Å². The van der Waals surface area contributed by atoms with Crippen LogP contribution in [0.15, 0.2) is 18.2 Å². The van der Waals surface area contributed by atoms with E-state index in [9.17, 15) is 14.9 Å². The van der Waals surface area contributed by atoms with E-state index in [4.69, 9.17) is 17.3 Å². The molecule has 80 valence electrons. The number of nitro groups is 1. The van der Waals surface area contributed by atoms with Gasteiger partial charge in [-0.3, -0.25) is 14.9 Å². The van der Waals surface area contributed by atoms with Crippen LogP contribution in [-0.2, 0) is 11.2 Å². The molecule has 0 saturated carbocycles. The van der Waals surface area contributed by atoms with Gasteiger partial charge in [-0.25, -0.2) is 0 Å². The van der Waals surface area contributed by atoms with E-state index in [1.807, 2.05) is 0 Å². The van der Waals surface area contributed by atoms with Crippen LogP contribution in [-0.4, -0.2) is 10.8 Å². The van der Waals surface area contributed by atoms with Gasteiger partial charge >= 0.3 is 0 Å². The number of carbonyl (C=O) groups excluding carboxylic acids is 1. The summed E-state index contributed by atoms with van der Waals surface area (Å²) in [6.45, 7) is 0. The SMILES string of the molecule is NC(=O)CCc1cc(Cl)ccc1[N+](=O)[O-]. The topological polar surface area (TPSA) is 86.2 Å². The van der Waals surface area contributed by atoms with E-state index in [1.54, 1.807) is 0 Å². The number of hydrogen-bond acceptors (Lipinski definition) is 3. The largest absolute Gasteiger partial charge is 0.370 e. The summed E-state index contributed by atoms with van der Waals surface area (Å²) in [4.78, 5) is 20.7. The van der Waals surface area contributed by atoms with Gasteiger partial charge in [0.05, 0.1) is 4.92 Å². The lowest BCUT2D eigenvalue weighted by Crippen LogP contribution is -2.11. The standard InChI is InChI=1S/C9H9ClN2O3/c10-7-2-3-8(12(14)15)6(5-7)1-4-9(11)13/h2-3,5H,1,4H2,(H2,11,13). The molecule has 0 radical (unpaired) electrons. The third-order valence-electron chi connectivity index (χ3n) is 1.88. The normalized spacial score (nSPS) is 9.93. The predicted molar refractivity (Wildman–Crippen MR) is 55.6 cm³/mol. The summed E-state index contributed by atoms with van der Waals surface area (Å²) in [6.07, 6.45) is 0.299. The van der Waals surface area contributed by atoms with Crippen molar-refractivity contribution < 1.29 is 9.72 Å². The predicted octanol–water partition coefficient (Wildman–Crippen LogP) is 1.67. The zero-order valence-corrected chi connectivity index (χ0v) is 8.53. The summed E-state index contributed by atoms with van der Waals surface area (Å²) in [6, 6.07) is 4.23. The van der Waals surface area contributed by atoms with Gasteiger partial charge in [-0.1, -0.05) is 11.6 Å². The number of hydrogen-bond donors (Lipinski definition) is 1. The summed E-state index contributed by atoms with van der Waals surface area (Å²) in [5, 5.41) is 11.0. The number of amides is 1. The molecule has 0 fully saturated rings. The zero-order valence-electron chi connectivity index (χ0n) is 7.77. The van der Waals surface area contributed by atoms with Crippen LogP contribution in [0, 0.1) is 10.1 Å². The molecule has 0 saturated heterocycles. The van der Waals surface area contributed by atoms with Crippen LogP contribution in [0.1, 0.15) is 12.0 Å². The molecular weight excluding hydrogens is 220 g/mol. The first-order valence-corrected chi connectivity index (χ1v) is 4.59. The number of primary amides is 1. The van der Waals surface area contributed by atoms with Crippen molar-refractivity contribution >= 4 is 23.2 Å². The highest BCUT2D eigenvalue weighted by Gasteiger charge is 2.14. The smallest absolute Gasteiger partial charge is 0.272 e. The molecular formula is C9H9ClN2O3. The fourth-order valence-corrected chi connectivity index (χ4v) is 1.39. The Bertz CT molecular complexity index is 406. The van der Waals surface area contributed by atoms with E-state index in [1.165, 1.54) is 18.2 Å². The quantitative estimate of drug-likeness (QED) is 0.628. The average Bonchev–Trinajstić information content (AvgIpc) is 2.14. The summed E-state index contributed by atoms with van der Waals surface area (Å²) in [7, 11) is 0. The maximum absolute atomic E-state index is 10.6. The number of nitro benzene ring substituents is 1. The zero-order chi connectivity index (χ0) is 11.4. The van der Waals surface area contributed by atoms with Crippen LogP contribution < -0.4 is 5.73 Å². The number of aryl methyl sites for hydroxylation is 1. The first-order chi connectivity index (χ1) is 7.00. The number of benzene rings is 1. The molecule has 0 atom stereocenters. The van der Waals surface area contributed by atoms with Crippen molar-refractivity contribution in [1.82, 2.24) is 0 Å². The average molecular weight is 229 g/mol. The summed E-state index contributed by atoms with van der Waals surface area (Å²) >= 11 is 5.70. The Morgan fingerprint density at radius 1 is 1.53 bits per heavy atom. The molecule has 2 N–H and O–H groups in total. The molecule has 1 aromatic carbocycles. The maximum atomic E-state index is 10.6. The van der Waals surface area contributed by atoms with Crippen LogP contribution in [0.25, 0.3) is 0 Å². The monoisotopic (exact) mass is 228 g/mol. The van der Waals surface area contributed by atoms with Gasteiger partial charge in [0, 0.05) is 23.1 Å². The van der Waals surface area contributed by atoms with Gasteiger partial charge in [0.1, 0.15) is 0 Å². The van der Waals surface area contributed by atoms with E-state index < -0.39 is 10.8 Å². The molecule has 1 amide bonds. The number of nitrogens with two attached hydrogens (primary N) is 1. The van der Waals surface area contributed by atoms with Crippen molar-refractivity contribution in [2.75, 3.05) is 0 Å². The molecule has 1 rings (SSSR count). The van der Waals surface area contributed by atoms with Crippen LogP contribution in [0.4, 0.5) is 5.69 Å². The highest BCUT2D eigenvalue weighted by molar-refractivity contribution is 6.30. The van der Waals surface area contributed by atoms with Crippen LogP contribution >= 0.6 is 11.6 Å². The van der Waals surface area contributed by atoms with E-state index in [-0.39, 0.29) is 18.5 Å². The van der Waals surface area contributed by atoms with E-state index in [0.29, 0.717) is 10.6 Å². The van der Waals surface area contributed by atoms with Gasteiger partial charge < -0.3 is 5.73 Å². The Morgan fingerprint density at radius 2 is 2.20 bits per heavy atom. The van der Waals surface area contributed by atoms with Crippen molar-refractivity contribution in [2.45, 2.75) is 12.8 Å². The van der Waals surface area contributed by atoms with E-state index in [2.05, 4.69) is 0 Å². The molecule has 0 aliphatic rings. The molecule has 0 unspecified atom stereocenters. The fourth-order valence-electron chi connectivity index (χ4n) is 1.19. The highest BCUT2D eigenvalue weighted by atomic mass is 35.5. The Balaban J connectivity index is 2.96. The lowest BCUT2D eigenvalue weighted by molar-refractivity contribution is -0.385. The minimum absolute atomic E-state index is 0.0411. The molecule has 0 heterocycles. The minimum Gasteiger partial charge on any atom is -0.370 e. The molecule has 5 nitrogen and oxygen atoms in total. The molecule has 0 bridgehead atoms. The number of nitrogens with zero attached hydrogens (tertiary/aromatic N) is 1. The third-order valence-corrected chi connectivity index (χ3v) is 2.11. The second kappa shape index (κ2) is 4.75. The second-order valence-corrected chi connectivity index (χ2v) is 3.43. The Morgan fingerprint density at radius 3 is 2.73 bits per heavy atom. The van der Waals surface area contributed by atoms with Gasteiger partial charge in [0.15, 0.2) is 0 Å². The van der Waals surface area contributed by atoms with Gasteiger partial charge in [-0.15, -0.1) is 0 Å².